The summed E-state index contributed by atoms with van der Waals surface area (Å²) >= 11 is 0. The Morgan fingerprint density at radius 3 is 2.42 bits per heavy atom. The van der Waals surface area contributed by atoms with Gasteiger partial charge in [0.25, 0.3) is 11.5 Å². The summed E-state index contributed by atoms with van der Waals surface area (Å²) in [5.74, 6) is -0.270. The molecule has 0 fully saturated rings. The number of hydrogen-bond donors (Lipinski definition) is 0. The molecule has 24 heavy (non-hydrogen) atoms. The Kier molecular flexibility index (Phi) is 5.74. The summed E-state index contributed by atoms with van der Waals surface area (Å²) in [6.45, 7) is 12.6. The number of benzene rings is 1. The Bertz CT molecular complexity index is 823. The predicted octanol–water partition coefficient (Wildman–Crippen LogP) is 3.53. The minimum absolute atomic E-state index is 0.226. The number of carbonyl (C=O) groups excluding carboxylic acids is 1. The molecule has 0 spiro atoms. The van der Waals surface area contributed by atoms with Crippen molar-refractivity contribution in [2.45, 2.75) is 26.8 Å². The molecule has 0 atom stereocenters. The van der Waals surface area contributed by atoms with Gasteiger partial charge in [-0.15, -0.1) is 13.2 Å². The molecular formula is C20H24N2O2. The second-order valence-electron chi connectivity index (χ2n) is 5.76. The first-order valence-electron chi connectivity index (χ1n) is 8.20. The first-order chi connectivity index (χ1) is 11.6. The standard InChI is InChI=1S/C20H24N2O2/c1-5-12-21(13-6-2)19(23)18-15(4)16-10-8-9-11-17(16)22(14-7-3)20(18)24/h5-6,8-11H,1-2,7,12-14H2,3-4H3. The third-order valence-electron chi connectivity index (χ3n) is 4.08. The monoisotopic (exact) mass is 324 g/mol. The number of aryl methyl sites for hydroxylation is 2. The minimum atomic E-state index is -0.270. The van der Waals surface area contributed by atoms with Crippen molar-refractivity contribution in [3.8, 4) is 0 Å². The van der Waals surface area contributed by atoms with Crippen molar-refractivity contribution in [3.05, 3.63) is 71.1 Å². The van der Waals surface area contributed by atoms with Crippen LogP contribution in [0.2, 0.25) is 0 Å². The molecular weight excluding hydrogens is 300 g/mol. The quantitative estimate of drug-likeness (QED) is 0.731. The van der Waals surface area contributed by atoms with E-state index in [0.29, 0.717) is 19.6 Å². The van der Waals surface area contributed by atoms with E-state index < -0.39 is 0 Å². The van der Waals surface area contributed by atoms with E-state index in [4.69, 9.17) is 0 Å². The number of rotatable bonds is 7. The third-order valence-corrected chi connectivity index (χ3v) is 4.08. The van der Waals surface area contributed by atoms with Gasteiger partial charge in [0.2, 0.25) is 0 Å². The van der Waals surface area contributed by atoms with Gasteiger partial charge >= 0.3 is 0 Å². The highest BCUT2D eigenvalue weighted by atomic mass is 16.2. The molecule has 1 heterocycles. The number of para-hydroxylation sites is 1. The highest BCUT2D eigenvalue weighted by Gasteiger charge is 2.23. The van der Waals surface area contributed by atoms with Crippen LogP contribution in [0.4, 0.5) is 0 Å². The Morgan fingerprint density at radius 1 is 1.21 bits per heavy atom. The van der Waals surface area contributed by atoms with Crippen LogP contribution in [0.15, 0.2) is 54.4 Å². The molecule has 1 aromatic heterocycles. The summed E-state index contributed by atoms with van der Waals surface area (Å²) in [5, 5.41) is 0.936. The van der Waals surface area contributed by atoms with Gasteiger partial charge in [0.1, 0.15) is 5.56 Å². The number of hydrogen-bond acceptors (Lipinski definition) is 2. The number of carbonyl (C=O) groups is 1. The van der Waals surface area contributed by atoms with Crippen LogP contribution in [-0.2, 0) is 6.54 Å². The summed E-state index contributed by atoms with van der Waals surface area (Å²) in [5.41, 5.74) is 1.62. The summed E-state index contributed by atoms with van der Waals surface area (Å²) < 4.78 is 1.70. The number of pyridine rings is 1. The zero-order valence-electron chi connectivity index (χ0n) is 14.4. The molecule has 1 amide bonds. The average molecular weight is 324 g/mol. The maximum atomic E-state index is 13.0. The van der Waals surface area contributed by atoms with E-state index in [-0.39, 0.29) is 17.0 Å². The fraction of sp³-hybridized carbons (Fsp3) is 0.300. The van der Waals surface area contributed by atoms with Gasteiger partial charge in [-0.25, -0.2) is 0 Å². The van der Waals surface area contributed by atoms with Crippen LogP contribution in [0, 0.1) is 6.92 Å². The third kappa shape index (κ3) is 3.18. The van der Waals surface area contributed by atoms with Gasteiger partial charge in [-0.2, -0.15) is 0 Å². The molecule has 0 aliphatic rings. The zero-order valence-corrected chi connectivity index (χ0v) is 14.4. The first kappa shape index (κ1) is 17.7. The molecule has 1 aromatic carbocycles. The second-order valence-corrected chi connectivity index (χ2v) is 5.76. The van der Waals surface area contributed by atoms with Gasteiger partial charge in [0.15, 0.2) is 0 Å². The van der Waals surface area contributed by atoms with E-state index in [1.807, 2.05) is 38.1 Å². The smallest absolute Gasteiger partial charge is 0.264 e. The molecule has 4 nitrogen and oxygen atoms in total. The Morgan fingerprint density at radius 2 is 1.83 bits per heavy atom. The van der Waals surface area contributed by atoms with Crippen molar-refractivity contribution in [2.24, 2.45) is 0 Å². The molecule has 0 saturated heterocycles. The Balaban J connectivity index is 2.73. The summed E-state index contributed by atoms with van der Waals surface area (Å²) in [6, 6.07) is 7.73. The second kappa shape index (κ2) is 7.77. The summed E-state index contributed by atoms with van der Waals surface area (Å²) in [4.78, 5) is 27.6. The molecule has 0 saturated carbocycles. The Hall–Kier alpha value is -2.62. The number of nitrogens with zero attached hydrogens (tertiary/aromatic N) is 2. The minimum Gasteiger partial charge on any atom is -0.331 e. The van der Waals surface area contributed by atoms with E-state index in [1.54, 1.807) is 21.6 Å². The fourth-order valence-electron chi connectivity index (χ4n) is 2.97. The largest absolute Gasteiger partial charge is 0.331 e. The van der Waals surface area contributed by atoms with Crippen LogP contribution in [0.3, 0.4) is 0 Å². The van der Waals surface area contributed by atoms with E-state index in [9.17, 15) is 9.59 Å². The lowest BCUT2D eigenvalue weighted by molar-refractivity contribution is 0.0788. The normalized spacial score (nSPS) is 10.6. The summed E-state index contributed by atoms with van der Waals surface area (Å²) in [7, 11) is 0. The van der Waals surface area contributed by atoms with Crippen LogP contribution < -0.4 is 5.56 Å². The van der Waals surface area contributed by atoms with Gasteiger partial charge in [0.05, 0.1) is 5.52 Å². The van der Waals surface area contributed by atoms with E-state index in [1.165, 1.54) is 0 Å². The molecule has 2 aromatic rings. The molecule has 0 bridgehead atoms. The Labute approximate surface area is 142 Å². The van der Waals surface area contributed by atoms with Crippen molar-refractivity contribution in [2.75, 3.05) is 13.1 Å². The van der Waals surface area contributed by atoms with Crippen LogP contribution in [-0.4, -0.2) is 28.5 Å². The maximum Gasteiger partial charge on any atom is 0.264 e. The molecule has 0 N–H and O–H groups in total. The van der Waals surface area contributed by atoms with Gasteiger partial charge in [0, 0.05) is 25.0 Å². The fourth-order valence-corrected chi connectivity index (χ4v) is 2.97. The molecule has 0 aliphatic heterocycles. The van der Waals surface area contributed by atoms with Crippen LogP contribution in [0.1, 0.15) is 29.3 Å². The topological polar surface area (TPSA) is 42.3 Å². The van der Waals surface area contributed by atoms with Crippen molar-refractivity contribution in [3.63, 3.8) is 0 Å². The summed E-state index contributed by atoms with van der Waals surface area (Å²) in [6.07, 6.45) is 4.13. The number of fused-ring (bicyclic) bond motifs is 1. The molecule has 0 radical (unpaired) electrons. The molecule has 0 aliphatic carbocycles. The van der Waals surface area contributed by atoms with Crippen LogP contribution in [0.25, 0.3) is 10.9 Å². The van der Waals surface area contributed by atoms with E-state index >= 15 is 0 Å². The highest BCUT2D eigenvalue weighted by Crippen LogP contribution is 2.20. The van der Waals surface area contributed by atoms with Crippen molar-refractivity contribution in [1.29, 1.82) is 0 Å². The number of aromatic nitrogens is 1. The lowest BCUT2D eigenvalue weighted by Gasteiger charge is -2.22. The predicted molar refractivity (Wildman–Crippen MR) is 99.5 cm³/mol. The van der Waals surface area contributed by atoms with E-state index in [0.717, 1.165) is 22.9 Å². The molecule has 2 rings (SSSR count). The first-order valence-corrected chi connectivity index (χ1v) is 8.20. The molecule has 126 valence electrons. The van der Waals surface area contributed by atoms with Crippen LogP contribution >= 0.6 is 0 Å². The molecule has 4 heteroatoms. The maximum absolute atomic E-state index is 13.0. The SMILES string of the molecule is C=CCN(CC=C)C(=O)c1c(C)c2ccccc2n(CCC)c1=O. The lowest BCUT2D eigenvalue weighted by Crippen LogP contribution is -2.38. The molecule has 0 unspecified atom stereocenters. The lowest BCUT2D eigenvalue weighted by atomic mass is 10.0. The van der Waals surface area contributed by atoms with E-state index in [2.05, 4.69) is 13.2 Å². The van der Waals surface area contributed by atoms with Gasteiger partial charge in [-0.1, -0.05) is 37.3 Å². The number of amides is 1. The zero-order chi connectivity index (χ0) is 17.7. The van der Waals surface area contributed by atoms with Gasteiger partial charge in [-0.3, -0.25) is 9.59 Å². The van der Waals surface area contributed by atoms with Crippen molar-refractivity contribution < 1.29 is 4.79 Å². The highest BCUT2D eigenvalue weighted by molar-refractivity contribution is 6.00. The van der Waals surface area contributed by atoms with Crippen molar-refractivity contribution in [1.82, 2.24) is 9.47 Å². The van der Waals surface area contributed by atoms with Crippen molar-refractivity contribution >= 4 is 16.8 Å². The van der Waals surface area contributed by atoms with Gasteiger partial charge in [-0.05, 0) is 25.0 Å². The average Bonchev–Trinajstić information content (AvgIpc) is 2.58. The van der Waals surface area contributed by atoms with Gasteiger partial charge < -0.3 is 9.47 Å². The van der Waals surface area contributed by atoms with Crippen LogP contribution in [0.5, 0.6) is 0 Å².